The van der Waals surface area contributed by atoms with Crippen LogP contribution in [0.15, 0.2) is 12.1 Å². The normalized spacial score (nSPS) is 13.9. The van der Waals surface area contributed by atoms with Gasteiger partial charge >= 0.3 is 0 Å². The lowest BCUT2D eigenvalue weighted by Crippen LogP contribution is -2.25. The quantitative estimate of drug-likeness (QED) is 0.823. The van der Waals surface area contributed by atoms with Crippen molar-refractivity contribution >= 4 is 0 Å². The molecule has 21 heavy (non-hydrogen) atoms. The number of phenols is 1. The molecule has 0 fully saturated rings. The number of phenolic OH excluding ortho intramolecular Hbond substituents is 1. The summed E-state index contributed by atoms with van der Waals surface area (Å²) in [4.78, 5) is 0. The smallest absolute Gasteiger partial charge is 0.200 e. The molecule has 0 aliphatic rings. The van der Waals surface area contributed by atoms with E-state index in [1.807, 2.05) is 53.7 Å². The molecule has 0 aliphatic heterocycles. The lowest BCUT2D eigenvalue weighted by Gasteiger charge is -2.27. The molecule has 0 amide bonds. The Kier molecular flexibility index (Phi) is 5.19. The average molecular weight is 294 g/mol. The van der Waals surface area contributed by atoms with Crippen LogP contribution in [0.25, 0.3) is 0 Å². The van der Waals surface area contributed by atoms with Crippen LogP contribution in [-0.4, -0.2) is 16.3 Å². The van der Waals surface area contributed by atoms with Gasteiger partial charge in [0, 0.05) is 0 Å². The fraction of sp³-hybridized carbons (Fsp3) is 0.667. The van der Waals surface area contributed by atoms with Gasteiger partial charge in [-0.05, 0) is 71.6 Å². The number of hydrogen-bond acceptors (Lipinski definition) is 3. The van der Waals surface area contributed by atoms with E-state index < -0.39 is 0 Å². The van der Waals surface area contributed by atoms with Gasteiger partial charge in [0.1, 0.15) is 11.2 Å². The molecular formula is C18H30O3. The fourth-order valence-corrected chi connectivity index (χ4v) is 1.94. The zero-order valence-electron chi connectivity index (χ0n) is 14.7. The van der Waals surface area contributed by atoms with Gasteiger partial charge in [-0.15, -0.1) is 0 Å². The average Bonchev–Trinajstić information content (AvgIpc) is 2.29. The van der Waals surface area contributed by atoms with Gasteiger partial charge < -0.3 is 14.6 Å². The minimum Gasteiger partial charge on any atom is -0.502 e. The van der Waals surface area contributed by atoms with Gasteiger partial charge in [-0.1, -0.05) is 13.8 Å². The lowest BCUT2D eigenvalue weighted by atomic mass is 9.97. The highest BCUT2D eigenvalue weighted by molar-refractivity contribution is 5.54. The molecule has 1 aromatic carbocycles. The summed E-state index contributed by atoms with van der Waals surface area (Å²) < 4.78 is 11.8. The van der Waals surface area contributed by atoms with Crippen LogP contribution in [0, 0.1) is 0 Å². The van der Waals surface area contributed by atoms with Crippen LogP contribution in [0.5, 0.6) is 17.2 Å². The molecule has 1 atom stereocenters. The van der Waals surface area contributed by atoms with Gasteiger partial charge in [0.2, 0.25) is 5.75 Å². The van der Waals surface area contributed by atoms with Crippen molar-refractivity contribution in [2.75, 3.05) is 0 Å². The predicted molar refractivity (Wildman–Crippen MR) is 87.6 cm³/mol. The second kappa shape index (κ2) is 6.17. The molecule has 0 saturated heterocycles. The summed E-state index contributed by atoms with van der Waals surface area (Å²) in [5.41, 5.74) is 0.378. The first-order chi connectivity index (χ1) is 9.43. The minimum absolute atomic E-state index is 0.0758. The number of rotatable bonds is 4. The van der Waals surface area contributed by atoms with Crippen LogP contribution < -0.4 is 9.47 Å². The van der Waals surface area contributed by atoms with Gasteiger partial charge in [0.05, 0.1) is 0 Å². The van der Waals surface area contributed by atoms with Crippen molar-refractivity contribution in [3.63, 3.8) is 0 Å². The van der Waals surface area contributed by atoms with Crippen LogP contribution in [0.4, 0.5) is 0 Å². The van der Waals surface area contributed by atoms with Crippen LogP contribution >= 0.6 is 0 Å². The van der Waals surface area contributed by atoms with Gasteiger partial charge in [-0.2, -0.15) is 0 Å². The Bertz CT molecular complexity index is 441. The van der Waals surface area contributed by atoms with E-state index in [4.69, 9.17) is 9.47 Å². The first-order valence-corrected chi connectivity index (χ1v) is 7.68. The van der Waals surface area contributed by atoms with Crippen molar-refractivity contribution in [3.8, 4) is 17.2 Å². The van der Waals surface area contributed by atoms with Gasteiger partial charge in [0.25, 0.3) is 0 Å². The molecule has 1 N–H and O–H groups in total. The third-order valence-electron chi connectivity index (χ3n) is 3.08. The van der Waals surface area contributed by atoms with Crippen molar-refractivity contribution in [1.82, 2.24) is 0 Å². The first-order valence-electron chi connectivity index (χ1n) is 7.68. The Morgan fingerprint density at radius 3 is 1.62 bits per heavy atom. The number of ether oxygens (including phenoxy) is 2. The number of benzene rings is 1. The van der Waals surface area contributed by atoms with Crippen molar-refractivity contribution in [3.05, 3.63) is 17.7 Å². The molecule has 120 valence electrons. The Balaban J connectivity index is 3.32. The number of aromatic hydroxyl groups is 1. The highest BCUT2D eigenvalue weighted by Crippen LogP contribution is 2.42. The molecular weight excluding hydrogens is 264 g/mol. The van der Waals surface area contributed by atoms with E-state index in [9.17, 15) is 5.11 Å². The zero-order valence-corrected chi connectivity index (χ0v) is 14.7. The molecule has 0 spiro atoms. The topological polar surface area (TPSA) is 38.7 Å². The largest absolute Gasteiger partial charge is 0.502 e. The summed E-state index contributed by atoms with van der Waals surface area (Å²) in [6.45, 7) is 16.1. The monoisotopic (exact) mass is 294 g/mol. The summed E-state index contributed by atoms with van der Waals surface area (Å²) in [6, 6.07) is 3.84. The van der Waals surface area contributed by atoms with Crippen molar-refractivity contribution in [1.29, 1.82) is 0 Å². The van der Waals surface area contributed by atoms with Crippen LogP contribution in [0.3, 0.4) is 0 Å². The Morgan fingerprint density at radius 2 is 1.33 bits per heavy atom. The van der Waals surface area contributed by atoms with Crippen molar-refractivity contribution in [2.24, 2.45) is 0 Å². The van der Waals surface area contributed by atoms with Gasteiger partial charge in [-0.3, -0.25) is 0 Å². The third kappa shape index (κ3) is 5.49. The standard InChI is InChI=1S/C18H30O3/c1-9-12(2)13-10-14(20-17(3,4)5)16(19)15(11-13)21-18(6,7)8/h10-12,19H,9H2,1-8H3. The Labute approximate surface area is 129 Å². The highest BCUT2D eigenvalue weighted by Gasteiger charge is 2.22. The van der Waals surface area contributed by atoms with Gasteiger partial charge in [0.15, 0.2) is 11.5 Å². The molecule has 0 saturated carbocycles. The van der Waals surface area contributed by atoms with Crippen LogP contribution in [0.2, 0.25) is 0 Å². The number of hydrogen-bond donors (Lipinski definition) is 1. The maximum Gasteiger partial charge on any atom is 0.200 e. The summed E-state index contributed by atoms with van der Waals surface area (Å²) in [6.07, 6.45) is 1.02. The molecule has 1 aromatic rings. The zero-order chi connectivity index (χ0) is 16.4. The van der Waals surface area contributed by atoms with Crippen molar-refractivity contribution in [2.45, 2.75) is 78.9 Å². The van der Waals surface area contributed by atoms with E-state index in [-0.39, 0.29) is 17.0 Å². The SMILES string of the molecule is CCC(C)c1cc(OC(C)(C)C)c(O)c(OC(C)(C)C)c1. The molecule has 0 heterocycles. The third-order valence-corrected chi connectivity index (χ3v) is 3.08. The maximum absolute atomic E-state index is 10.4. The van der Waals surface area contributed by atoms with E-state index in [2.05, 4.69) is 13.8 Å². The molecule has 1 rings (SSSR count). The van der Waals surface area contributed by atoms with E-state index in [0.717, 1.165) is 12.0 Å². The molecule has 0 bridgehead atoms. The maximum atomic E-state index is 10.4. The molecule has 3 heteroatoms. The Hall–Kier alpha value is -1.38. The van der Waals surface area contributed by atoms with E-state index >= 15 is 0 Å². The summed E-state index contributed by atoms with van der Waals surface area (Å²) in [5, 5.41) is 10.4. The van der Waals surface area contributed by atoms with E-state index in [1.165, 1.54) is 0 Å². The predicted octanol–water partition coefficient (Wildman–Crippen LogP) is 5.26. The molecule has 0 aliphatic carbocycles. The summed E-state index contributed by atoms with van der Waals surface area (Å²) >= 11 is 0. The molecule has 0 aromatic heterocycles. The van der Waals surface area contributed by atoms with E-state index in [1.54, 1.807) is 0 Å². The summed E-state index contributed by atoms with van der Waals surface area (Å²) in [5.74, 6) is 1.43. The first kappa shape index (κ1) is 17.7. The fourth-order valence-electron chi connectivity index (χ4n) is 1.94. The lowest BCUT2D eigenvalue weighted by molar-refractivity contribution is 0.111. The second-order valence-corrected chi connectivity index (χ2v) is 7.60. The molecule has 0 radical (unpaired) electrons. The highest BCUT2D eigenvalue weighted by atomic mass is 16.5. The molecule has 3 nitrogen and oxygen atoms in total. The Morgan fingerprint density at radius 1 is 0.952 bits per heavy atom. The van der Waals surface area contributed by atoms with Crippen molar-refractivity contribution < 1.29 is 14.6 Å². The van der Waals surface area contributed by atoms with Crippen LogP contribution in [-0.2, 0) is 0 Å². The minimum atomic E-state index is -0.370. The van der Waals surface area contributed by atoms with Crippen LogP contribution in [0.1, 0.15) is 73.3 Å². The van der Waals surface area contributed by atoms with Gasteiger partial charge in [-0.25, -0.2) is 0 Å². The second-order valence-electron chi connectivity index (χ2n) is 7.60. The van der Waals surface area contributed by atoms with E-state index in [0.29, 0.717) is 17.4 Å². The summed E-state index contributed by atoms with van der Waals surface area (Å²) in [7, 11) is 0. The molecule has 1 unspecified atom stereocenters.